The first-order valence-corrected chi connectivity index (χ1v) is 17.1. The molecular formula is C47H31N3. The molecule has 10 rings (SSSR count). The van der Waals surface area contributed by atoms with Gasteiger partial charge in [-0.05, 0) is 76.3 Å². The monoisotopic (exact) mass is 637 g/mol. The van der Waals surface area contributed by atoms with E-state index < -0.39 is 0 Å². The summed E-state index contributed by atoms with van der Waals surface area (Å²) in [7, 11) is 0. The molecule has 0 radical (unpaired) electrons. The van der Waals surface area contributed by atoms with Gasteiger partial charge in [-0.2, -0.15) is 0 Å². The molecule has 3 heterocycles. The molecule has 0 bridgehead atoms. The molecule has 3 aromatic heterocycles. The lowest BCUT2D eigenvalue weighted by molar-refractivity contribution is 1.14. The van der Waals surface area contributed by atoms with Gasteiger partial charge in [0.2, 0.25) is 0 Å². The molecule has 234 valence electrons. The molecule has 0 N–H and O–H groups in total. The quantitative estimate of drug-likeness (QED) is 0.184. The van der Waals surface area contributed by atoms with Gasteiger partial charge in [0.25, 0.3) is 0 Å². The maximum atomic E-state index is 4.90. The highest BCUT2D eigenvalue weighted by Crippen LogP contribution is 2.41. The van der Waals surface area contributed by atoms with Gasteiger partial charge in [-0.1, -0.05) is 133 Å². The molecule has 0 aliphatic heterocycles. The lowest BCUT2D eigenvalue weighted by Gasteiger charge is -2.14. The van der Waals surface area contributed by atoms with E-state index in [-0.39, 0.29) is 0 Å². The smallest absolute Gasteiger partial charge is 0.145 e. The summed E-state index contributed by atoms with van der Waals surface area (Å²) in [5, 5.41) is 4.81. The molecule has 10 aromatic rings. The molecule has 0 amide bonds. The highest BCUT2D eigenvalue weighted by Gasteiger charge is 2.19. The maximum absolute atomic E-state index is 4.90. The first-order valence-electron chi connectivity index (χ1n) is 17.1. The van der Waals surface area contributed by atoms with Crippen LogP contribution in [0, 0.1) is 0 Å². The lowest BCUT2D eigenvalue weighted by atomic mass is 10.00. The Labute approximate surface area is 290 Å². The summed E-state index contributed by atoms with van der Waals surface area (Å²) < 4.78 is 4.75. The number of pyridine rings is 1. The van der Waals surface area contributed by atoms with Crippen molar-refractivity contribution >= 4 is 43.7 Å². The van der Waals surface area contributed by atoms with Gasteiger partial charge in [0.05, 0.1) is 16.6 Å². The highest BCUT2D eigenvalue weighted by atomic mass is 15.0. The second-order valence-corrected chi connectivity index (χ2v) is 12.8. The molecule has 0 atom stereocenters. The minimum Gasteiger partial charge on any atom is -0.309 e. The van der Waals surface area contributed by atoms with Crippen LogP contribution in [-0.2, 0) is 0 Å². The molecule has 7 aromatic carbocycles. The first kappa shape index (κ1) is 28.3. The topological polar surface area (TPSA) is 22.8 Å². The van der Waals surface area contributed by atoms with Crippen LogP contribution < -0.4 is 0 Å². The van der Waals surface area contributed by atoms with Gasteiger partial charge in [-0.3, -0.25) is 4.57 Å². The Morgan fingerprint density at radius 2 is 0.960 bits per heavy atom. The van der Waals surface area contributed by atoms with Crippen molar-refractivity contribution in [1.29, 1.82) is 0 Å². The third-order valence-corrected chi connectivity index (χ3v) is 9.98. The van der Waals surface area contributed by atoms with Crippen molar-refractivity contribution in [2.75, 3.05) is 0 Å². The summed E-state index contributed by atoms with van der Waals surface area (Å²) in [4.78, 5) is 4.90. The number of para-hydroxylation sites is 2. The van der Waals surface area contributed by atoms with E-state index in [0.717, 1.165) is 33.5 Å². The molecule has 0 unspecified atom stereocenters. The van der Waals surface area contributed by atoms with Crippen molar-refractivity contribution < 1.29 is 0 Å². The summed E-state index contributed by atoms with van der Waals surface area (Å²) in [6.07, 6.45) is 1.89. The van der Waals surface area contributed by atoms with Crippen molar-refractivity contribution in [1.82, 2.24) is 14.1 Å². The van der Waals surface area contributed by atoms with Gasteiger partial charge in [-0.25, -0.2) is 4.98 Å². The molecule has 3 nitrogen and oxygen atoms in total. The number of aromatic nitrogens is 3. The van der Waals surface area contributed by atoms with Crippen molar-refractivity contribution in [3.63, 3.8) is 0 Å². The number of hydrogen-bond acceptors (Lipinski definition) is 1. The average molecular weight is 638 g/mol. The predicted molar refractivity (Wildman–Crippen MR) is 209 cm³/mol. The summed E-state index contributed by atoms with van der Waals surface area (Å²) >= 11 is 0. The van der Waals surface area contributed by atoms with Crippen molar-refractivity contribution in [3.05, 3.63) is 188 Å². The fourth-order valence-electron chi connectivity index (χ4n) is 7.68. The summed E-state index contributed by atoms with van der Waals surface area (Å²) in [5.74, 6) is 0. The van der Waals surface area contributed by atoms with Gasteiger partial charge in [0.15, 0.2) is 0 Å². The molecule has 3 heteroatoms. The number of nitrogens with zero attached hydrogens (tertiary/aromatic N) is 3. The van der Waals surface area contributed by atoms with E-state index >= 15 is 0 Å². The Kier molecular flexibility index (Phi) is 6.49. The van der Waals surface area contributed by atoms with Crippen LogP contribution in [0.1, 0.15) is 0 Å². The van der Waals surface area contributed by atoms with Crippen LogP contribution in [0.3, 0.4) is 0 Å². The molecule has 0 aliphatic rings. The third kappa shape index (κ3) is 4.48. The Morgan fingerprint density at radius 1 is 0.340 bits per heavy atom. The molecule has 0 fully saturated rings. The SMILES string of the molecule is c1ccc(-c2ccc(-n3c4cc(-c5cccc6c7ccccc7n(-c7cccc(-c8ccccc8)c7)c56)ccc4c4cccnc43)cc2)cc1. The van der Waals surface area contributed by atoms with Crippen LogP contribution in [0.5, 0.6) is 0 Å². The Hall–Kier alpha value is -6.71. The Morgan fingerprint density at radius 3 is 1.78 bits per heavy atom. The van der Waals surface area contributed by atoms with Crippen LogP contribution in [-0.4, -0.2) is 14.1 Å². The number of benzene rings is 7. The van der Waals surface area contributed by atoms with Gasteiger partial charge >= 0.3 is 0 Å². The van der Waals surface area contributed by atoms with Crippen LogP contribution in [0.25, 0.3) is 88.5 Å². The van der Waals surface area contributed by atoms with Crippen molar-refractivity contribution in [2.45, 2.75) is 0 Å². The van der Waals surface area contributed by atoms with Gasteiger partial charge in [-0.15, -0.1) is 0 Å². The molecule has 0 saturated heterocycles. The fourth-order valence-corrected chi connectivity index (χ4v) is 7.68. The van der Waals surface area contributed by atoms with Gasteiger partial charge < -0.3 is 4.57 Å². The zero-order valence-corrected chi connectivity index (χ0v) is 27.2. The molecular weight excluding hydrogens is 607 g/mol. The largest absolute Gasteiger partial charge is 0.309 e. The Bertz CT molecular complexity index is 2840. The highest BCUT2D eigenvalue weighted by molar-refractivity contribution is 6.15. The maximum Gasteiger partial charge on any atom is 0.145 e. The summed E-state index contributed by atoms with van der Waals surface area (Å²) in [6, 6.07) is 65.4. The van der Waals surface area contributed by atoms with Crippen LogP contribution >= 0.6 is 0 Å². The van der Waals surface area contributed by atoms with E-state index in [2.05, 4.69) is 185 Å². The Balaban J connectivity index is 1.20. The number of fused-ring (bicyclic) bond motifs is 6. The number of hydrogen-bond donors (Lipinski definition) is 0. The van der Waals surface area contributed by atoms with Crippen LogP contribution in [0.2, 0.25) is 0 Å². The molecule has 0 spiro atoms. The second-order valence-electron chi connectivity index (χ2n) is 12.8. The minimum absolute atomic E-state index is 0.956. The predicted octanol–water partition coefficient (Wildman–Crippen LogP) is 12.3. The molecule has 0 aliphatic carbocycles. The minimum atomic E-state index is 0.956. The van der Waals surface area contributed by atoms with E-state index in [1.54, 1.807) is 0 Å². The first-order chi connectivity index (χ1) is 24.8. The fraction of sp³-hybridized carbons (Fsp3) is 0. The van der Waals surface area contributed by atoms with Crippen molar-refractivity contribution in [2.24, 2.45) is 0 Å². The van der Waals surface area contributed by atoms with Crippen molar-refractivity contribution in [3.8, 4) is 44.8 Å². The van der Waals surface area contributed by atoms with Crippen LogP contribution in [0.15, 0.2) is 188 Å². The second kappa shape index (κ2) is 11.5. The van der Waals surface area contributed by atoms with E-state index in [9.17, 15) is 0 Å². The molecule has 50 heavy (non-hydrogen) atoms. The average Bonchev–Trinajstić information content (AvgIpc) is 3.71. The number of rotatable bonds is 5. The van der Waals surface area contributed by atoms with E-state index in [0.29, 0.717) is 0 Å². The van der Waals surface area contributed by atoms with Gasteiger partial charge in [0.1, 0.15) is 5.65 Å². The third-order valence-electron chi connectivity index (χ3n) is 9.98. The summed E-state index contributed by atoms with van der Waals surface area (Å²) in [6.45, 7) is 0. The van der Waals surface area contributed by atoms with Crippen LogP contribution in [0.4, 0.5) is 0 Å². The van der Waals surface area contributed by atoms with E-state index in [1.165, 1.54) is 55.0 Å². The zero-order valence-electron chi connectivity index (χ0n) is 27.2. The normalized spacial score (nSPS) is 11.6. The lowest BCUT2D eigenvalue weighted by Crippen LogP contribution is -1.97. The van der Waals surface area contributed by atoms with Gasteiger partial charge in [0, 0.05) is 44.7 Å². The molecule has 0 saturated carbocycles. The zero-order chi connectivity index (χ0) is 33.0. The standard InChI is InChI=1S/C47H31N3/c1-3-12-32(13-4-1)34-23-26-37(27-24-34)50-45-31-36(25-28-41(45)43-21-11-29-48-47(43)50)39-19-10-20-42-40-18-7-8-22-44(40)49(46(39)42)38-17-9-16-35(30-38)33-14-5-2-6-15-33/h1-31H. The summed E-state index contributed by atoms with van der Waals surface area (Å²) in [5.41, 5.74) is 13.9. The van der Waals surface area contributed by atoms with E-state index in [4.69, 9.17) is 4.98 Å². The van der Waals surface area contributed by atoms with E-state index in [1.807, 2.05) is 12.3 Å².